The van der Waals surface area contributed by atoms with Gasteiger partial charge in [-0.1, -0.05) is 0 Å². The molecule has 0 atom stereocenters. The van der Waals surface area contributed by atoms with Crippen molar-refractivity contribution in [3.63, 3.8) is 0 Å². The Bertz CT molecular complexity index is 421. The molecule has 0 radical (unpaired) electrons. The highest BCUT2D eigenvalue weighted by molar-refractivity contribution is 5.31. The number of hydrogen-bond acceptors (Lipinski definition) is 1. The van der Waals surface area contributed by atoms with E-state index in [-0.39, 0.29) is 17.5 Å². The van der Waals surface area contributed by atoms with Gasteiger partial charge in [0.15, 0.2) is 0 Å². The van der Waals surface area contributed by atoms with E-state index in [1.165, 1.54) is 0 Å². The first-order valence-electron chi connectivity index (χ1n) is 5.45. The van der Waals surface area contributed by atoms with Gasteiger partial charge in [0.25, 0.3) is 0 Å². The van der Waals surface area contributed by atoms with Crippen LogP contribution in [0.1, 0.15) is 30.4 Å². The van der Waals surface area contributed by atoms with Crippen LogP contribution in [-0.4, -0.2) is 5.54 Å². The maximum Gasteiger partial charge on any atom is 0.416 e. The fourth-order valence-electron chi connectivity index (χ4n) is 1.84. The van der Waals surface area contributed by atoms with E-state index in [2.05, 4.69) is 0 Å². The van der Waals surface area contributed by atoms with Crippen molar-refractivity contribution in [3.8, 4) is 0 Å². The lowest BCUT2D eigenvalue weighted by molar-refractivity contribution is -0.138. The zero-order valence-corrected chi connectivity index (χ0v) is 9.15. The SMILES string of the molecule is NC1(CCc2cc(F)ccc2C(F)(F)F)CC1. The third-order valence-corrected chi connectivity index (χ3v) is 3.16. The zero-order chi connectivity index (χ0) is 12.7. The molecular formula is C12H13F4N. The molecule has 1 fully saturated rings. The van der Waals surface area contributed by atoms with Crippen LogP contribution in [0, 0.1) is 5.82 Å². The Balaban J connectivity index is 2.20. The lowest BCUT2D eigenvalue weighted by Crippen LogP contribution is -2.23. The van der Waals surface area contributed by atoms with E-state index in [0.717, 1.165) is 31.0 Å². The molecular weight excluding hydrogens is 234 g/mol. The van der Waals surface area contributed by atoms with Crippen molar-refractivity contribution in [3.05, 3.63) is 35.1 Å². The minimum Gasteiger partial charge on any atom is -0.325 e. The van der Waals surface area contributed by atoms with E-state index in [4.69, 9.17) is 5.73 Å². The second-order valence-electron chi connectivity index (χ2n) is 4.66. The minimum atomic E-state index is -4.44. The number of alkyl halides is 3. The number of nitrogens with two attached hydrogens (primary N) is 1. The van der Waals surface area contributed by atoms with Crippen LogP contribution in [0.5, 0.6) is 0 Å². The van der Waals surface area contributed by atoms with Crippen LogP contribution >= 0.6 is 0 Å². The summed E-state index contributed by atoms with van der Waals surface area (Å²) in [7, 11) is 0. The molecule has 0 bridgehead atoms. The van der Waals surface area contributed by atoms with Gasteiger partial charge in [0.05, 0.1) is 5.56 Å². The summed E-state index contributed by atoms with van der Waals surface area (Å²) >= 11 is 0. The Morgan fingerprint density at radius 1 is 1.24 bits per heavy atom. The molecule has 0 amide bonds. The standard InChI is InChI=1S/C12H13F4N/c13-9-1-2-10(12(14,15)16)8(7-9)3-4-11(17)5-6-11/h1-2,7H,3-6,17H2. The largest absolute Gasteiger partial charge is 0.416 e. The van der Waals surface area contributed by atoms with Gasteiger partial charge in [-0.3, -0.25) is 0 Å². The zero-order valence-electron chi connectivity index (χ0n) is 9.15. The molecule has 1 saturated carbocycles. The van der Waals surface area contributed by atoms with Crippen molar-refractivity contribution in [2.45, 2.75) is 37.4 Å². The highest BCUT2D eigenvalue weighted by Crippen LogP contribution is 2.38. The Morgan fingerprint density at radius 2 is 1.88 bits per heavy atom. The summed E-state index contributed by atoms with van der Waals surface area (Å²) in [6.07, 6.45) is -2.12. The third kappa shape index (κ3) is 2.97. The molecule has 2 rings (SSSR count). The van der Waals surface area contributed by atoms with Gasteiger partial charge >= 0.3 is 6.18 Å². The van der Waals surface area contributed by atoms with E-state index in [1.54, 1.807) is 0 Å². The molecule has 1 aliphatic rings. The highest BCUT2D eigenvalue weighted by Gasteiger charge is 2.39. The van der Waals surface area contributed by atoms with E-state index < -0.39 is 17.6 Å². The average Bonchev–Trinajstić information content (AvgIpc) is 2.93. The first kappa shape index (κ1) is 12.4. The fourth-order valence-corrected chi connectivity index (χ4v) is 1.84. The summed E-state index contributed by atoms with van der Waals surface area (Å²) in [6.45, 7) is 0. The summed E-state index contributed by atoms with van der Waals surface area (Å²) in [6, 6.07) is 2.58. The van der Waals surface area contributed by atoms with Gasteiger partial charge in [-0.15, -0.1) is 0 Å². The van der Waals surface area contributed by atoms with E-state index in [0.29, 0.717) is 6.42 Å². The summed E-state index contributed by atoms with van der Waals surface area (Å²) < 4.78 is 51.0. The lowest BCUT2D eigenvalue weighted by atomic mass is 9.99. The van der Waals surface area contributed by atoms with Gasteiger partial charge in [-0.25, -0.2) is 4.39 Å². The van der Waals surface area contributed by atoms with Crippen molar-refractivity contribution < 1.29 is 17.6 Å². The molecule has 0 heterocycles. The normalized spacial score (nSPS) is 18.2. The molecule has 2 N–H and O–H groups in total. The number of benzene rings is 1. The van der Waals surface area contributed by atoms with Gasteiger partial charge in [-0.2, -0.15) is 13.2 Å². The molecule has 1 aliphatic carbocycles. The fraction of sp³-hybridized carbons (Fsp3) is 0.500. The van der Waals surface area contributed by atoms with Crippen molar-refractivity contribution >= 4 is 0 Å². The molecule has 1 aromatic carbocycles. The Labute approximate surface area is 96.6 Å². The van der Waals surface area contributed by atoms with Gasteiger partial charge in [0.1, 0.15) is 5.82 Å². The molecule has 1 nitrogen and oxygen atoms in total. The van der Waals surface area contributed by atoms with Gasteiger partial charge < -0.3 is 5.73 Å². The monoisotopic (exact) mass is 247 g/mol. The maximum absolute atomic E-state index is 13.0. The van der Waals surface area contributed by atoms with Crippen molar-refractivity contribution in [2.75, 3.05) is 0 Å². The van der Waals surface area contributed by atoms with E-state index in [1.807, 2.05) is 0 Å². The van der Waals surface area contributed by atoms with Crippen LogP contribution in [0.15, 0.2) is 18.2 Å². The summed E-state index contributed by atoms with van der Waals surface area (Å²) in [5, 5.41) is 0. The average molecular weight is 247 g/mol. The molecule has 5 heteroatoms. The predicted octanol–water partition coefficient (Wildman–Crippen LogP) is 3.27. The Kier molecular flexibility index (Phi) is 2.89. The molecule has 0 aromatic heterocycles. The first-order valence-corrected chi connectivity index (χ1v) is 5.45. The smallest absolute Gasteiger partial charge is 0.325 e. The first-order chi connectivity index (χ1) is 7.80. The summed E-state index contributed by atoms with van der Waals surface area (Å²) in [4.78, 5) is 0. The lowest BCUT2D eigenvalue weighted by Gasteiger charge is -2.14. The van der Waals surface area contributed by atoms with Crippen molar-refractivity contribution in [2.24, 2.45) is 5.73 Å². The van der Waals surface area contributed by atoms with Crippen LogP contribution in [0.4, 0.5) is 17.6 Å². The quantitative estimate of drug-likeness (QED) is 0.815. The van der Waals surface area contributed by atoms with Crippen LogP contribution in [0.25, 0.3) is 0 Å². The molecule has 0 saturated heterocycles. The predicted molar refractivity (Wildman–Crippen MR) is 55.9 cm³/mol. The number of rotatable bonds is 3. The van der Waals surface area contributed by atoms with E-state index in [9.17, 15) is 17.6 Å². The number of halogens is 4. The summed E-state index contributed by atoms with van der Waals surface area (Å²) in [5.41, 5.74) is 4.73. The van der Waals surface area contributed by atoms with E-state index >= 15 is 0 Å². The van der Waals surface area contributed by atoms with Crippen LogP contribution in [0.2, 0.25) is 0 Å². The molecule has 94 valence electrons. The number of hydrogen-bond donors (Lipinski definition) is 1. The second kappa shape index (κ2) is 3.98. The van der Waals surface area contributed by atoms with Crippen LogP contribution < -0.4 is 5.73 Å². The van der Waals surface area contributed by atoms with Gasteiger partial charge in [0.2, 0.25) is 0 Å². The highest BCUT2D eigenvalue weighted by atomic mass is 19.4. The summed E-state index contributed by atoms with van der Waals surface area (Å²) in [5.74, 6) is -0.644. The number of aryl methyl sites for hydroxylation is 1. The van der Waals surface area contributed by atoms with Crippen molar-refractivity contribution in [1.29, 1.82) is 0 Å². The molecule has 17 heavy (non-hydrogen) atoms. The van der Waals surface area contributed by atoms with Crippen LogP contribution in [-0.2, 0) is 12.6 Å². The Hall–Kier alpha value is -1.10. The third-order valence-electron chi connectivity index (χ3n) is 3.16. The maximum atomic E-state index is 13.0. The second-order valence-corrected chi connectivity index (χ2v) is 4.66. The topological polar surface area (TPSA) is 26.0 Å². The van der Waals surface area contributed by atoms with Gasteiger partial charge in [0, 0.05) is 5.54 Å². The minimum absolute atomic E-state index is 0.00535. The molecule has 0 spiro atoms. The molecule has 1 aromatic rings. The van der Waals surface area contributed by atoms with Crippen LogP contribution in [0.3, 0.4) is 0 Å². The molecule has 0 aliphatic heterocycles. The van der Waals surface area contributed by atoms with Gasteiger partial charge in [-0.05, 0) is 49.4 Å². The molecule has 0 unspecified atom stereocenters. The Morgan fingerprint density at radius 3 is 2.41 bits per heavy atom. The van der Waals surface area contributed by atoms with Crippen molar-refractivity contribution in [1.82, 2.24) is 0 Å².